The van der Waals surface area contributed by atoms with E-state index in [2.05, 4.69) is 21.5 Å². The number of halogens is 5. The van der Waals surface area contributed by atoms with Gasteiger partial charge in [0, 0.05) is 19.0 Å². The SMILES string of the molecule is CC(C)(C)C(C=C=NC(=O)c1c(F)c(F)c(F)c(F)c1F)C(=O)N1C[C@H]2C([C@H]1C(=O)N[C@H](C#N)C[C@@H]1CCNC1=O)C2(C)C. The smallest absolute Gasteiger partial charge is 0.291 e. The molecule has 1 aromatic carbocycles. The number of aliphatic imine (C=N–C) groups is 1. The maximum atomic E-state index is 14.1. The number of nitriles is 1. The number of fused-ring (bicyclic) bond motifs is 1. The molecule has 14 heteroatoms. The zero-order chi connectivity index (χ0) is 32.9. The molecule has 0 spiro atoms. The standard InChI is InChI=1S/C30H32F5N5O4/c1-29(2,3)15(7-9-38-26(42)17-19(31)21(33)23(35)22(34)20(17)32)28(44)40-12-16-18(30(16,4)5)24(40)27(43)39-14(11-36)10-13-6-8-37-25(13)41/h7,13-16,18,24H,6,8,10,12H2,1-5H3,(H,37,41)(H,39,43)/t13-,14-,15?,16-,18?,24-/m0/s1. The number of hydrogen-bond donors (Lipinski definition) is 2. The summed E-state index contributed by atoms with van der Waals surface area (Å²) in [5.74, 6) is -14.4. The summed E-state index contributed by atoms with van der Waals surface area (Å²) >= 11 is 0. The summed E-state index contributed by atoms with van der Waals surface area (Å²) in [4.78, 5) is 56.4. The monoisotopic (exact) mass is 621 g/mol. The molecule has 0 aromatic heterocycles. The molecular weight excluding hydrogens is 589 g/mol. The molecule has 2 saturated heterocycles. The molecule has 4 amide bonds. The average Bonchev–Trinajstić information content (AvgIpc) is 3.28. The first-order chi connectivity index (χ1) is 20.4. The van der Waals surface area contributed by atoms with E-state index in [1.807, 2.05) is 19.9 Å². The molecule has 2 heterocycles. The summed E-state index contributed by atoms with van der Waals surface area (Å²) in [7, 11) is 0. The Hall–Kier alpha value is -4.11. The van der Waals surface area contributed by atoms with Crippen LogP contribution in [-0.2, 0) is 14.4 Å². The van der Waals surface area contributed by atoms with Crippen LogP contribution in [0, 0.1) is 74.9 Å². The molecule has 3 fully saturated rings. The summed E-state index contributed by atoms with van der Waals surface area (Å²) in [5.41, 5.74) is -2.88. The van der Waals surface area contributed by atoms with Crippen LogP contribution in [0.3, 0.4) is 0 Å². The number of nitrogens with one attached hydrogen (secondary N) is 2. The fourth-order valence-electron chi connectivity index (χ4n) is 6.26. The number of carbonyl (C=O) groups is 4. The van der Waals surface area contributed by atoms with Gasteiger partial charge in [0.1, 0.15) is 17.6 Å². The maximum absolute atomic E-state index is 14.1. The molecular formula is C30H32F5N5O4. The third-order valence-electron chi connectivity index (χ3n) is 8.95. The van der Waals surface area contributed by atoms with E-state index in [-0.39, 0.29) is 36.1 Å². The second-order valence-electron chi connectivity index (χ2n) is 13.1. The van der Waals surface area contributed by atoms with Crippen molar-refractivity contribution in [3.8, 4) is 6.07 Å². The summed E-state index contributed by atoms with van der Waals surface area (Å²) in [6.07, 6.45) is 1.70. The first-order valence-electron chi connectivity index (χ1n) is 14.1. The van der Waals surface area contributed by atoms with E-state index in [9.17, 15) is 46.4 Å². The summed E-state index contributed by atoms with van der Waals surface area (Å²) in [6, 6.07) is 0.108. The Morgan fingerprint density at radius 3 is 2.23 bits per heavy atom. The summed E-state index contributed by atoms with van der Waals surface area (Å²) < 4.78 is 68.6. The van der Waals surface area contributed by atoms with Gasteiger partial charge < -0.3 is 15.5 Å². The van der Waals surface area contributed by atoms with Crippen molar-refractivity contribution in [1.82, 2.24) is 15.5 Å². The van der Waals surface area contributed by atoms with Crippen molar-refractivity contribution >= 4 is 29.5 Å². The number of rotatable bonds is 7. The maximum Gasteiger partial charge on any atom is 0.291 e. The Kier molecular flexibility index (Phi) is 8.77. The van der Waals surface area contributed by atoms with Gasteiger partial charge in [-0.15, -0.1) is 0 Å². The highest BCUT2D eigenvalue weighted by atomic mass is 19.2. The van der Waals surface area contributed by atoms with Crippen molar-refractivity contribution in [2.24, 2.45) is 39.5 Å². The zero-order valence-corrected chi connectivity index (χ0v) is 24.7. The van der Waals surface area contributed by atoms with Crippen molar-refractivity contribution in [2.75, 3.05) is 13.1 Å². The molecule has 9 nitrogen and oxygen atoms in total. The number of amides is 4. The lowest BCUT2D eigenvalue weighted by atomic mass is 9.79. The number of benzene rings is 1. The van der Waals surface area contributed by atoms with Crippen molar-refractivity contribution in [2.45, 2.75) is 59.5 Å². The van der Waals surface area contributed by atoms with Crippen LogP contribution >= 0.6 is 0 Å². The minimum Gasteiger partial charge on any atom is -0.356 e. The van der Waals surface area contributed by atoms with Crippen molar-refractivity contribution in [3.05, 3.63) is 40.7 Å². The van der Waals surface area contributed by atoms with Gasteiger partial charge in [0.2, 0.25) is 23.5 Å². The van der Waals surface area contributed by atoms with Gasteiger partial charge >= 0.3 is 0 Å². The van der Waals surface area contributed by atoms with E-state index in [1.165, 1.54) is 4.90 Å². The molecule has 2 unspecified atom stereocenters. The molecule has 0 radical (unpaired) electrons. The lowest BCUT2D eigenvalue weighted by Gasteiger charge is -2.36. The molecule has 2 aliphatic heterocycles. The Morgan fingerprint density at radius 2 is 1.70 bits per heavy atom. The van der Waals surface area contributed by atoms with Crippen LogP contribution < -0.4 is 10.6 Å². The Morgan fingerprint density at radius 1 is 1.11 bits per heavy atom. The van der Waals surface area contributed by atoms with E-state index in [0.717, 1.165) is 6.08 Å². The van der Waals surface area contributed by atoms with Crippen molar-refractivity contribution in [3.63, 3.8) is 0 Å². The van der Waals surface area contributed by atoms with Crippen molar-refractivity contribution < 1.29 is 41.1 Å². The van der Waals surface area contributed by atoms with Gasteiger partial charge in [0.15, 0.2) is 23.3 Å². The first-order valence-corrected chi connectivity index (χ1v) is 14.1. The second-order valence-corrected chi connectivity index (χ2v) is 13.1. The minimum atomic E-state index is -2.43. The van der Waals surface area contributed by atoms with E-state index >= 15 is 0 Å². The average molecular weight is 622 g/mol. The van der Waals surface area contributed by atoms with E-state index in [1.54, 1.807) is 20.8 Å². The van der Waals surface area contributed by atoms with Gasteiger partial charge in [-0.1, -0.05) is 34.6 Å². The van der Waals surface area contributed by atoms with E-state index in [0.29, 0.717) is 13.0 Å². The quantitative estimate of drug-likeness (QED) is 0.209. The Bertz CT molecular complexity index is 1500. The van der Waals surface area contributed by atoms with Crippen LogP contribution in [0.4, 0.5) is 22.0 Å². The molecule has 1 saturated carbocycles. The molecule has 44 heavy (non-hydrogen) atoms. The van der Waals surface area contributed by atoms with Crippen LogP contribution in [0.1, 0.15) is 57.8 Å². The number of hydrogen-bond acceptors (Lipinski definition) is 5. The molecule has 1 aromatic rings. The molecule has 3 aliphatic rings. The van der Waals surface area contributed by atoms with Crippen molar-refractivity contribution in [1.29, 1.82) is 5.26 Å². The summed E-state index contributed by atoms with van der Waals surface area (Å²) in [6.45, 7) is 9.66. The molecule has 4 rings (SSSR count). The van der Waals surface area contributed by atoms with Crippen LogP contribution in [0.2, 0.25) is 0 Å². The normalized spacial score (nSPS) is 24.8. The zero-order valence-electron chi connectivity index (χ0n) is 24.7. The number of carbonyl (C=O) groups excluding carboxylic acids is 4. The number of piperidine rings is 1. The predicted octanol–water partition coefficient (Wildman–Crippen LogP) is 3.43. The lowest BCUT2D eigenvalue weighted by Crippen LogP contribution is -2.54. The fourth-order valence-corrected chi connectivity index (χ4v) is 6.26. The highest BCUT2D eigenvalue weighted by Gasteiger charge is 2.69. The molecule has 2 N–H and O–H groups in total. The lowest BCUT2D eigenvalue weighted by molar-refractivity contribution is -0.144. The van der Waals surface area contributed by atoms with Crippen LogP contribution in [0.25, 0.3) is 0 Å². The van der Waals surface area contributed by atoms with E-state index < -0.39 is 81.7 Å². The minimum absolute atomic E-state index is 0.0163. The third kappa shape index (κ3) is 5.85. The van der Waals surface area contributed by atoms with Gasteiger partial charge in [-0.05, 0) is 47.5 Å². The molecule has 236 valence electrons. The highest BCUT2D eigenvalue weighted by molar-refractivity contribution is 5.99. The Labute approximate surface area is 250 Å². The largest absolute Gasteiger partial charge is 0.356 e. The van der Waals surface area contributed by atoms with E-state index in [4.69, 9.17) is 0 Å². The molecule has 6 atom stereocenters. The van der Waals surface area contributed by atoms with Gasteiger partial charge in [0.05, 0.1) is 12.0 Å². The molecule has 1 aliphatic carbocycles. The van der Waals surface area contributed by atoms with Gasteiger partial charge in [-0.2, -0.15) is 10.3 Å². The van der Waals surface area contributed by atoms with Crippen LogP contribution in [0.5, 0.6) is 0 Å². The van der Waals surface area contributed by atoms with Gasteiger partial charge in [-0.3, -0.25) is 19.2 Å². The number of nitrogens with zero attached hydrogens (tertiary/aromatic N) is 3. The van der Waals surface area contributed by atoms with Crippen LogP contribution in [-0.4, -0.2) is 59.6 Å². The molecule has 0 bridgehead atoms. The predicted molar refractivity (Wildman–Crippen MR) is 145 cm³/mol. The summed E-state index contributed by atoms with van der Waals surface area (Å²) in [5, 5.41) is 15.1. The number of likely N-dealkylation sites (tertiary alicyclic amines) is 1. The third-order valence-corrected chi connectivity index (χ3v) is 8.95. The second kappa shape index (κ2) is 11.8. The first kappa shape index (κ1) is 32.8. The van der Waals surface area contributed by atoms with Crippen LogP contribution in [0.15, 0.2) is 11.1 Å². The highest BCUT2D eigenvalue weighted by Crippen LogP contribution is 2.65. The fraction of sp³-hybridized carbons (Fsp3) is 0.567. The topological polar surface area (TPSA) is 132 Å². The van der Waals surface area contributed by atoms with Gasteiger partial charge in [-0.25, -0.2) is 22.0 Å². The van der Waals surface area contributed by atoms with Gasteiger partial charge in [0.25, 0.3) is 5.91 Å². The Balaban J connectivity index is 1.58.